The first-order chi connectivity index (χ1) is 32.2. The van der Waals surface area contributed by atoms with E-state index in [-0.39, 0.29) is 34.9 Å². The molecule has 3 aromatic carbocycles. The Morgan fingerprint density at radius 1 is 0.910 bits per heavy atom. The maximum absolute atomic E-state index is 15.6. The van der Waals surface area contributed by atoms with Crippen LogP contribution in [0.25, 0.3) is 39.0 Å². The zero-order valence-electron chi connectivity index (χ0n) is 38.3. The minimum atomic E-state index is -0.832. The Morgan fingerprint density at radius 2 is 1.70 bits per heavy atom. The highest BCUT2D eigenvalue weighted by Crippen LogP contribution is 2.56. The molecule has 1 amide bonds. The van der Waals surface area contributed by atoms with Crippen LogP contribution in [0, 0.1) is 25.6 Å². The number of aromatic amines is 1. The SMILES string of the molecule is Cc1cc(-n2nc3c(c2-n2ccn(-c4ccc5c6n(nc5c4)CCCO6)c2=O)[C@H](C)N(C(=O)c2cc4cc([C@H]5CCOC(C)(C)C5)ccc4n2[C@@]2(c4noc(=O)[nH]4)C[C@@H]2C)CC3)cc(C)c1F. The Kier molecular flexibility index (Phi) is 9.12. The summed E-state index contributed by atoms with van der Waals surface area (Å²) in [5.74, 6) is 0.677. The maximum Gasteiger partial charge on any atom is 0.438 e. The number of ether oxygens (including phenoxy) is 2. The molecule has 0 bridgehead atoms. The number of carbonyl (C=O) groups is 1. The predicted molar refractivity (Wildman–Crippen MR) is 246 cm³/mol. The Bertz CT molecular complexity index is 3450. The van der Waals surface area contributed by atoms with Gasteiger partial charge in [0.05, 0.1) is 46.2 Å². The van der Waals surface area contributed by atoms with Crippen molar-refractivity contribution in [2.75, 3.05) is 19.8 Å². The van der Waals surface area contributed by atoms with E-state index in [4.69, 9.17) is 24.2 Å². The lowest BCUT2D eigenvalue weighted by Gasteiger charge is -2.35. The largest absolute Gasteiger partial charge is 0.477 e. The molecule has 67 heavy (non-hydrogen) atoms. The number of carbonyl (C=O) groups excluding carboxylic acids is 1. The number of halogens is 1. The molecular formula is C50H51FN10O6. The van der Waals surface area contributed by atoms with E-state index < -0.39 is 17.3 Å². The van der Waals surface area contributed by atoms with Crippen molar-refractivity contribution in [3.8, 4) is 23.1 Å². The fraction of sp³-hybridized carbons (Fsp3) is 0.400. The van der Waals surface area contributed by atoms with E-state index >= 15 is 9.18 Å². The minimum absolute atomic E-state index is 0.0215. The lowest BCUT2D eigenvalue weighted by Crippen LogP contribution is -2.41. The number of amides is 1. The van der Waals surface area contributed by atoms with Gasteiger partial charge in [0, 0.05) is 61.4 Å². The summed E-state index contributed by atoms with van der Waals surface area (Å²) in [6.07, 6.45) is 7.09. The fourth-order valence-electron chi connectivity index (χ4n) is 11.4. The summed E-state index contributed by atoms with van der Waals surface area (Å²) in [5.41, 5.74) is 5.29. The van der Waals surface area contributed by atoms with Gasteiger partial charge in [-0.2, -0.15) is 10.2 Å². The summed E-state index contributed by atoms with van der Waals surface area (Å²) < 4.78 is 41.0. The normalized spacial score (nSPS) is 22.3. The van der Waals surface area contributed by atoms with Crippen molar-refractivity contribution >= 4 is 27.7 Å². The molecule has 1 saturated carbocycles. The number of hydrogen-bond acceptors (Lipinski definition) is 9. The molecule has 5 aromatic heterocycles. The van der Waals surface area contributed by atoms with Crippen LogP contribution in [0.1, 0.15) is 110 Å². The number of imidazole rings is 1. The van der Waals surface area contributed by atoms with Crippen LogP contribution < -0.4 is 16.2 Å². The van der Waals surface area contributed by atoms with Crippen molar-refractivity contribution in [1.82, 2.24) is 48.3 Å². The third-order valence-corrected chi connectivity index (χ3v) is 14.8. The Labute approximate surface area is 383 Å². The van der Waals surface area contributed by atoms with Crippen molar-refractivity contribution in [2.24, 2.45) is 5.92 Å². The second-order valence-electron chi connectivity index (χ2n) is 19.6. The van der Waals surface area contributed by atoms with E-state index in [1.807, 2.05) is 40.8 Å². The number of rotatable bonds is 7. The summed E-state index contributed by atoms with van der Waals surface area (Å²) in [6.45, 7) is 14.1. The van der Waals surface area contributed by atoms with Crippen LogP contribution >= 0.6 is 0 Å². The number of aromatic nitrogens is 9. The standard InChI is InChI=1S/C50H51FN10O6/c1-27-20-35(21-28(2)42(27)51)61-43(58-17-16-57(48(58)64)34-9-10-36-38(24-34)53-59-14-7-18-65-45(36)59)41-30(4)56(15-12-37(41)54-61)44(62)40-23-33-22-31(32-13-19-66-49(5,6)26-32)8-11-39(33)60(40)50(25-29(50)3)46-52-47(63)67-55-46/h8-11,16-17,20-24,29-30,32H,7,12-15,18-19,25-26H2,1-6H3,(H,52,55,63)/t29-,30-,32-,50-/m0/s1. The number of aryl methyl sites for hydroxylation is 3. The molecule has 1 saturated heterocycles. The lowest BCUT2D eigenvalue weighted by atomic mass is 9.83. The molecule has 4 aliphatic rings. The van der Waals surface area contributed by atoms with Crippen LogP contribution in [0.3, 0.4) is 0 Å². The summed E-state index contributed by atoms with van der Waals surface area (Å²) in [5, 5.41) is 15.9. The molecule has 8 heterocycles. The van der Waals surface area contributed by atoms with E-state index in [0.717, 1.165) is 59.2 Å². The van der Waals surface area contributed by atoms with E-state index in [9.17, 15) is 9.59 Å². The van der Waals surface area contributed by atoms with Gasteiger partial charge >= 0.3 is 11.4 Å². The zero-order chi connectivity index (χ0) is 46.3. The summed E-state index contributed by atoms with van der Waals surface area (Å²) >= 11 is 0. The van der Waals surface area contributed by atoms with Crippen molar-refractivity contribution in [3.05, 3.63) is 133 Å². The highest BCUT2D eigenvalue weighted by Gasteiger charge is 2.59. The summed E-state index contributed by atoms with van der Waals surface area (Å²) in [4.78, 5) is 47.6. The van der Waals surface area contributed by atoms with Gasteiger partial charge in [0.1, 0.15) is 22.9 Å². The Balaban J connectivity index is 0.988. The molecule has 344 valence electrons. The number of nitrogens with one attached hydrogen (secondary N) is 1. The first kappa shape index (κ1) is 41.4. The average molecular weight is 907 g/mol. The quantitative estimate of drug-likeness (QED) is 0.170. The molecule has 0 unspecified atom stereocenters. The molecule has 0 spiro atoms. The second-order valence-corrected chi connectivity index (χ2v) is 19.6. The topological polar surface area (TPSA) is 165 Å². The molecular weight excluding hydrogens is 856 g/mol. The summed E-state index contributed by atoms with van der Waals surface area (Å²) in [6, 6.07) is 17.0. The Morgan fingerprint density at radius 3 is 2.45 bits per heavy atom. The van der Waals surface area contributed by atoms with Gasteiger partial charge in [0.2, 0.25) is 5.88 Å². The van der Waals surface area contributed by atoms with Crippen LogP contribution in [0.4, 0.5) is 4.39 Å². The van der Waals surface area contributed by atoms with Gasteiger partial charge < -0.3 is 18.9 Å². The average Bonchev–Trinajstić information content (AvgIpc) is 3.93. The molecule has 2 fully saturated rings. The van der Waals surface area contributed by atoms with Crippen LogP contribution in [-0.4, -0.2) is 79.6 Å². The number of H-pyrrole nitrogens is 1. The molecule has 0 radical (unpaired) electrons. The van der Waals surface area contributed by atoms with Crippen LogP contribution in [-0.2, 0) is 23.2 Å². The van der Waals surface area contributed by atoms with Gasteiger partial charge in [-0.1, -0.05) is 18.1 Å². The van der Waals surface area contributed by atoms with Crippen molar-refractivity contribution < 1.29 is 23.2 Å². The monoisotopic (exact) mass is 906 g/mol. The molecule has 12 rings (SSSR count). The number of hydrogen-bond donors (Lipinski definition) is 1. The molecule has 3 aliphatic heterocycles. The van der Waals surface area contributed by atoms with E-state index in [1.165, 1.54) is 5.56 Å². The second kappa shape index (κ2) is 14.7. The maximum atomic E-state index is 15.6. The first-order valence-corrected chi connectivity index (χ1v) is 23.2. The molecule has 16 nitrogen and oxygen atoms in total. The molecule has 17 heteroatoms. The van der Waals surface area contributed by atoms with Crippen molar-refractivity contribution in [2.45, 2.75) is 103 Å². The van der Waals surface area contributed by atoms with Gasteiger partial charge in [0.25, 0.3) is 5.91 Å². The lowest BCUT2D eigenvalue weighted by molar-refractivity contribution is -0.0592. The van der Waals surface area contributed by atoms with Crippen LogP contribution in [0.5, 0.6) is 5.88 Å². The Hall–Kier alpha value is -7.01. The highest BCUT2D eigenvalue weighted by molar-refractivity contribution is 6.00. The highest BCUT2D eigenvalue weighted by atomic mass is 19.1. The predicted octanol–water partition coefficient (Wildman–Crippen LogP) is 7.55. The first-order valence-electron chi connectivity index (χ1n) is 23.2. The van der Waals surface area contributed by atoms with Gasteiger partial charge in [-0.3, -0.25) is 23.4 Å². The van der Waals surface area contributed by atoms with Gasteiger partial charge in [-0.05, 0) is 131 Å². The van der Waals surface area contributed by atoms with Crippen molar-refractivity contribution in [1.29, 1.82) is 0 Å². The molecule has 8 aromatic rings. The number of nitrogens with zero attached hydrogens (tertiary/aromatic N) is 9. The van der Waals surface area contributed by atoms with Gasteiger partial charge in [-0.25, -0.2) is 23.3 Å². The smallest absolute Gasteiger partial charge is 0.438 e. The van der Waals surface area contributed by atoms with E-state index in [0.29, 0.717) is 78.0 Å². The van der Waals surface area contributed by atoms with Crippen LogP contribution in [0.2, 0.25) is 0 Å². The van der Waals surface area contributed by atoms with E-state index in [1.54, 1.807) is 52.2 Å². The fourth-order valence-corrected chi connectivity index (χ4v) is 11.4. The zero-order valence-corrected chi connectivity index (χ0v) is 38.3. The van der Waals surface area contributed by atoms with Crippen molar-refractivity contribution in [3.63, 3.8) is 0 Å². The number of fused-ring (bicyclic) bond motifs is 5. The minimum Gasteiger partial charge on any atom is -0.477 e. The van der Waals surface area contributed by atoms with Gasteiger partial charge in [-0.15, -0.1) is 0 Å². The molecule has 4 atom stereocenters. The van der Waals surface area contributed by atoms with Crippen LogP contribution in [0.15, 0.2) is 81.1 Å². The third-order valence-electron chi connectivity index (χ3n) is 14.8. The molecule has 1 aliphatic carbocycles. The van der Waals surface area contributed by atoms with E-state index in [2.05, 4.69) is 53.7 Å². The summed E-state index contributed by atoms with van der Waals surface area (Å²) in [7, 11) is 0. The number of benzene rings is 3. The third kappa shape index (κ3) is 6.33. The molecule has 1 N–H and O–H groups in total. The van der Waals surface area contributed by atoms with Gasteiger partial charge in [0.15, 0.2) is 5.82 Å².